The van der Waals surface area contributed by atoms with E-state index in [-0.39, 0.29) is 17.8 Å². The zero-order chi connectivity index (χ0) is 13.1. The van der Waals surface area contributed by atoms with Gasteiger partial charge in [-0.05, 0) is 31.1 Å². The van der Waals surface area contributed by atoms with Gasteiger partial charge >= 0.3 is 0 Å². The molecule has 1 aromatic rings. The lowest BCUT2D eigenvalue weighted by Gasteiger charge is -2.32. The molecule has 3 atom stereocenters. The fraction of sp³-hybridized carbons (Fsp3) is 0.667. The predicted octanol–water partition coefficient (Wildman–Crippen LogP) is 2.14. The minimum atomic E-state index is -0.444. The van der Waals surface area contributed by atoms with Gasteiger partial charge in [0.25, 0.3) is 0 Å². The molecule has 18 heavy (non-hydrogen) atoms. The molecular weight excluding hydrogens is 233 g/mol. The van der Waals surface area contributed by atoms with Crippen LogP contribution in [0.4, 0.5) is 16.2 Å². The summed E-state index contributed by atoms with van der Waals surface area (Å²) >= 11 is 0. The Balaban J connectivity index is 2.05. The topological polar surface area (TPSA) is 75.9 Å². The summed E-state index contributed by atoms with van der Waals surface area (Å²) in [7, 11) is 0. The van der Waals surface area contributed by atoms with Crippen molar-refractivity contribution >= 4 is 11.8 Å². The molecule has 1 saturated carbocycles. The van der Waals surface area contributed by atoms with Crippen LogP contribution in [-0.4, -0.2) is 16.0 Å². The molecule has 2 rings (SSSR count). The number of halogens is 1. The summed E-state index contributed by atoms with van der Waals surface area (Å²) in [5.41, 5.74) is 2.32. The maximum absolute atomic E-state index is 13.6. The third kappa shape index (κ3) is 2.87. The van der Waals surface area contributed by atoms with Gasteiger partial charge in [0, 0.05) is 6.04 Å². The van der Waals surface area contributed by atoms with Crippen LogP contribution in [0.25, 0.3) is 0 Å². The van der Waals surface area contributed by atoms with Gasteiger partial charge < -0.3 is 5.32 Å². The SMILES string of the molecule is CC1CCC(Nc2nc(NN)ncc2F)CC1C. The first-order valence-corrected chi connectivity index (χ1v) is 6.36. The minimum Gasteiger partial charge on any atom is -0.365 e. The second-order valence-electron chi connectivity index (χ2n) is 5.14. The van der Waals surface area contributed by atoms with E-state index in [1.807, 2.05) is 0 Å². The van der Waals surface area contributed by atoms with E-state index in [9.17, 15) is 4.39 Å². The summed E-state index contributed by atoms with van der Waals surface area (Å²) in [6, 6.07) is 0.270. The second kappa shape index (κ2) is 5.48. The minimum absolute atomic E-state index is 0.219. The van der Waals surface area contributed by atoms with E-state index in [1.165, 1.54) is 0 Å². The summed E-state index contributed by atoms with van der Waals surface area (Å²) < 4.78 is 13.6. The molecule has 5 nitrogen and oxygen atoms in total. The molecule has 1 fully saturated rings. The van der Waals surface area contributed by atoms with Gasteiger partial charge in [-0.15, -0.1) is 0 Å². The summed E-state index contributed by atoms with van der Waals surface area (Å²) in [5.74, 6) is 6.60. The van der Waals surface area contributed by atoms with Crippen molar-refractivity contribution in [1.82, 2.24) is 9.97 Å². The Labute approximate surface area is 106 Å². The average Bonchev–Trinajstić information content (AvgIpc) is 2.36. The number of nitrogen functional groups attached to an aromatic ring is 1. The Morgan fingerprint density at radius 3 is 2.78 bits per heavy atom. The number of nitrogens with two attached hydrogens (primary N) is 1. The van der Waals surface area contributed by atoms with E-state index < -0.39 is 5.82 Å². The van der Waals surface area contributed by atoms with Crippen LogP contribution in [0.5, 0.6) is 0 Å². The molecule has 0 aromatic carbocycles. The lowest BCUT2D eigenvalue weighted by molar-refractivity contribution is 0.260. The monoisotopic (exact) mass is 253 g/mol. The summed E-state index contributed by atoms with van der Waals surface area (Å²) in [6.45, 7) is 4.50. The molecule has 1 aliphatic rings. The fourth-order valence-electron chi connectivity index (χ4n) is 2.41. The first kappa shape index (κ1) is 13.0. The van der Waals surface area contributed by atoms with E-state index in [2.05, 4.69) is 34.6 Å². The predicted molar refractivity (Wildman–Crippen MR) is 69.4 cm³/mol. The molecule has 3 unspecified atom stereocenters. The molecule has 0 spiro atoms. The van der Waals surface area contributed by atoms with Crippen LogP contribution in [0.3, 0.4) is 0 Å². The van der Waals surface area contributed by atoms with Crippen molar-refractivity contribution in [2.24, 2.45) is 17.7 Å². The molecule has 0 aliphatic heterocycles. The maximum Gasteiger partial charge on any atom is 0.239 e. The highest BCUT2D eigenvalue weighted by atomic mass is 19.1. The van der Waals surface area contributed by atoms with Crippen LogP contribution in [0.2, 0.25) is 0 Å². The highest BCUT2D eigenvalue weighted by Gasteiger charge is 2.25. The van der Waals surface area contributed by atoms with Gasteiger partial charge in [0.15, 0.2) is 11.6 Å². The molecule has 1 heterocycles. The molecule has 4 N–H and O–H groups in total. The van der Waals surface area contributed by atoms with Crippen molar-refractivity contribution in [3.05, 3.63) is 12.0 Å². The van der Waals surface area contributed by atoms with Crippen molar-refractivity contribution in [3.63, 3.8) is 0 Å². The first-order chi connectivity index (χ1) is 8.60. The molecule has 0 bridgehead atoms. The van der Waals surface area contributed by atoms with Crippen LogP contribution in [0.1, 0.15) is 33.1 Å². The highest BCUT2D eigenvalue weighted by molar-refractivity contribution is 5.41. The molecule has 100 valence electrons. The maximum atomic E-state index is 13.6. The average molecular weight is 253 g/mol. The van der Waals surface area contributed by atoms with Gasteiger partial charge in [-0.3, -0.25) is 5.43 Å². The van der Waals surface area contributed by atoms with Gasteiger partial charge in [-0.2, -0.15) is 4.98 Å². The van der Waals surface area contributed by atoms with Gasteiger partial charge in [0.05, 0.1) is 6.20 Å². The van der Waals surface area contributed by atoms with Crippen LogP contribution in [-0.2, 0) is 0 Å². The van der Waals surface area contributed by atoms with Crippen LogP contribution >= 0.6 is 0 Å². The van der Waals surface area contributed by atoms with E-state index >= 15 is 0 Å². The third-order valence-electron chi connectivity index (χ3n) is 3.81. The zero-order valence-electron chi connectivity index (χ0n) is 10.8. The number of hydrogen-bond donors (Lipinski definition) is 3. The Bertz CT molecular complexity index is 411. The van der Waals surface area contributed by atoms with E-state index in [0.717, 1.165) is 31.4 Å². The number of nitrogens with one attached hydrogen (secondary N) is 2. The Morgan fingerprint density at radius 1 is 1.33 bits per heavy atom. The molecule has 1 aliphatic carbocycles. The number of hydrogen-bond acceptors (Lipinski definition) is 5. The molecule has 0 saturated heterocycles. The molecule has 6 heteroatoms. The number of hydrazine groups is 1. The van der Waals surface area contributed by atoms with Crippen molar-refractivity contribution in [2.75, 3.05) is 10.7 Å². The number of aromatic nitrogens is 2. The van der Waals surface area contributed by atoms with E-state index in [0.29, 0.717) is 5.92 Å². The number of nitrogens with zero attached hydrogens (tertiary/aromatic N) is 2. The summed E-state index contributed by atoms with van der Waals surface area (Å²) in [5, 5.41) is 3.15. The number of rotatable bonds is 3. The molecular formula is C12H20FN5. The van der Waals surface area contributed by atoms with Crippen LogP contribution in [0, 0.1) is 17.7 Å². The van der Waals surface area contributed by atoms with Crippen molar-refractivity contribution in [2.45, 2.75) is 39.2 Å². The summed E-state index contributed by atoms with van der Waals surface area (Å²) in [6.07, 6.45) is 4.36. The zero-order valence-corrected chi connectivity index (χ0v) is 10.8. The van der Waals surface area contributed by atoms with E-state index in [1.54, 1.807) is 0 Å². The third-order valence-corrected chi connectivity index (χ3v) is 3.81. The smallest absolute Gasteiger partial charge is 0.239 e. The van der Waals surface area contributed by atoms with Gasteiger partial charge in [0.1, 0.15) is 0 Å². The van der Waals surface area contributed by atoms with Crippen molar-refractivity contribution < 1.29 is 4.39 Å². The van der Waals surface area contributed by atoms with Crippen molar-refractivity contribution in [1.29, 1.82) is 0 Å². The molecule has 0 radical (unpaired) electrons. The van der Waals surface area contributed by atoms with E-state index in [4.69, 9.17) is 5.84 Å². The normalized spacial score (nSPS) is 27.9. The van der Waals surface area contributed by atoms with Crippen LogP contribution < -0.4 is 16.6 Å². The fourth-order valence-corrected chi connectivity index (χ4v) is 2.41. The summed E-state index contributed by atoms with van der Waals surface area (Å²) in [4.78, 5) is 7.71. The quantitative estimate of drug-likeness (QED) is 0.568. The lowest BCUT2D eigenvalue weighted by atomic mass is 9.79. The van der Waals surface area contributed by atoms with Gasteiger partial charge in [0.2, 0.25) is 5.95 Å². The van der Waals surface area contributed by atoms with Gasteiger partial charge in [-0.25, -0.2) is 15.2 Å². The Kier molecular flexibility index (Phi) is 3.96. The number of anilines is 2. The van der Waals surface area contributed by atoms with Gasteiger partial charge in [-0.1, -0.05) is 13.8 Å². The highest BCUT2D eigenvalue weighted by Crippen LogP contribution is 2.31. The largest absolute Gasteiger partial charge is 0.365 e. The lowest BCUT2D eigenvalue weighted by Crippen LogP contribution is -2.31. The Morgan fingerprint density at radius 2 is 2.11 bits per heavy atom. The first-order valence-electron chi connectivity index (χ1n) is 6.36. The van der Waals surface area contributed by atoms with Crippen LogP contribution in [0.15, 0.2) is 6.20 Å². The molecule has 0 amide bonds. The Hall–Kier alpha value is -1.43. The second-order valence-corrected chi connectivity index (χ2v) is 5.14. The molecule has 1 aromatic heterocycles. The van der Waals surface area contributed by atoms with Crippen molar-refractivity contribution in [3.8, 4) is 0 Å². The standard InChI is InChI=1S/C12H20FN5/c1-7-3-4-9(5-8(7)2)16-11-10(13)6-15-12(17-11)18-14/h6-9H,3-5,14H2,1-2H3,(H2,15,16,17,18).